The lowest BCUT2D eigenvalue weighted by Gasteiger charge is -2.16. The zero-order chi connectivity index (χ0) is 11.3. The normalized spacial score (nSPS) is 14.9. The second-order valence-corrected chi connectivity index (χ2v) is 4.33. The molecule has 0 amide bonds. The molecule has 2 heteroatoms. The highest BCUT2D eigenvalue weighted by atomic mass is 19.1. The van der Waals surface area contributed by atoms with Gasteiger partial charge in [-0.3, -0.25) is 0 Å². The first-order valence-electron chi connectivity index (χ1n) is 5.54. The summed E-state index contributed by atoms with van der Waals surface area (Å²) in [6.45, 7) is 4.32. The molecule has 0 saturated heterocycles. The van der Waals surface area contributed by atoms with Crippen LogP contribution in [-0.2, 0) is 6.42 Å². The second-order valence-electron chi connectivity index (χ2n) is 4.33. The Morgan fingerprint density at radius 1 is 1.27 bits per heavy atom. The molecule has 15 heavy (non-hydrogen) atoms. The van der Waals surface area contributed by atoms with Crippen molar-refractivity contribution < 1.29 is 4.39 Å². The standard InChI is InChI=1S/C13H20FN/c1-10(8-11(2)15-3)9-12-6-4-5-7-13(12)14/h4-7,10-11,15H,8-9H2,1-3H3. The summed E-state index contributed by atoms with van der Waals surface area (Å²) in [6, 6.07) is 7.53. The van der Waals surface area contributed by atoms with Crippen LogP contribution in [0.5, 0.6) is 0 Å². The van der Waals surface area contributed by atoms with Crippen molar-refractivity contribution in [3.05, 3.63) is 35.6 Å². The minimum Gasteiger partial charge on any atom is -0.317 e. The Morgan fingerprint density at radius 3 is 2.53 bits per heavy atom. The van der Waals surface area contributed by atoms with Gasteiger partial charge in [0, 0.05) is 6.04 Å². The van der Waals surface area contributed by atoms with Crippen molar-refractivity contribution in [1.29, 1.82) is 0 Å². The van der Waals surface area contributed by atoms with E-state index < -0.39 is 0 Å². The molecule has 1 rings (SSSR count). The molecule has 1 aromatic rings. The highest BCUT2D eigenvalue weighted by Gasteiger charge is 2.10. The lowest BCUT2D eigenvalue weighted by atomic mass is 9.95. The summed E-state index contributed by atoms with van der Waals surface area (Å²) >= 11 is 0. The summed E-state index contributed by atoms with van der Waals surface area (Å²) in [7, 11) is 1.96. The third kappa shape index (κ3) is 4.00. The van der Waals surface area contributed by atoms with Gasteiger partial charge in [0.05, 0.1) is 0 Å². The number of nitrogens with one attached hydrogen (secondary N) is 1. The predicted octanol–water partition coefficient (Wildman–Crippen LogP) is 3.00. The van der Waals surface area contributed by atoms with Crippen LogP contribution in [-0.4, -0.2) is 13.1 Å². The Bertz CT molecular complexity index is 298. The van der Waals surface area contributed by atoms with Crippen molar-refractivity contribution in [2.75, 3.05) is 7.05 Å². The van der Waals surface area contributed by atoms with E-state index in [1.54, 1.807) is 6.07 Å². The monoisotopic (exact) mass is 209 g/mol. The number of benzene rings is 1. The number of hydrogen-bond acceptors (Lipinski definition) is 1. The Hall–Kier alpha value is -0.890. The van der Waals surface area contributed by atoms with Crippen molar-refractivity contribution in [2.24, 2.45) is 5.92 Å². The molecule has 2 atom stereocenters. The number of hydrogen-bond donors (Lipinski definition) is 1. The maximum atomic E-state index is 13.4. The third-order valence-corrected chi connectivity index (χ3v) is 2.77. The van der Waals surface area contributed by atoms with Gasteiger partial charge in [-0.15, -0.1) is 0 Å². The van der Waals surface area contributed by atoms with Gasteiger partial charge in [0.1, 0.15) is 5.82 Å². The lowest BCUT2D eigenvalue weighted by Crippen LogP contribution is -2.24. The summed E-state index contributed by atoms with van der Waals surface area (Å²) in [5, 5.41) is 3.20. The summed E-state index contributed by atoms with van der Waals surface area (Å²) in [5.41, 5.74) is 0.827. The summed E-state index contributed by atoms with van der Waals surface area (Å²) in [4.78, 5) is 0. The Balaban J connectivity index is 2.51. The Labute approximate surface area is 91.7 Å². The fraction of sp³-hybridized carbons (Fsp3) is 0.538. The molecule has 0 spiro atoms. The molecule has 2 unspecified atom stereocenters. The van der Waals surface area contributed by atoms with Crippen LogP contribution >= 0.6 is 0 Å². The molecular formula is C13H20FN. The average molecular weight is 209 g/mol. The smallest absolute Gasteiger partial charge is 0.126 e. The van der Waals surface area contributed by atoms with Gasteiger partial charge in [-0.2, -0.15) is 0 Å². The molecule has 0 aliphatic rings. The number of rotatable bonds is 5. The average Bonchev–Trinajstić information content (AvgIpc) is 2.21. The van der Waals surface area contributed by atoms with Gasteiger partial charge >= 0.3 is 0 Å². The molecule has 84 valence electrons. The SMILES string of the molecule is CNC(C)CC(C)Cc1ccccc1F. The fourth-order valence-electron chi connectivity index (χ4n) is 1.84. The zero-order valence-corrected chi connectivity index (χ0v) is 9.76. The van der Waals surface area contributed by atoms with Crippen LogP contribution in [0.15, 0.2) is 24.3 Å². The summed E-state index contributed by atoms with van der Waals surface area (Å²) in [5.74, 6) is 0.422. The topological polar surface area (TPSA) is 12.0 Å². The first kappa shape index (κ1) is 12.2. The van der Waals surface area contributed by atoms with Gasteiger partial charge in [0.25, 0.3) is 0 Å². The Kier molecular flexibility index (Phi) is 4.76. The summed E-state index contributed by atoms with van der Waals surface area (Å²) in [6.07, 6.45) is 1.89. The molecule has 1 N–H and O–H groups in total. The zero-order valence-electron chi connectivity index (χ0n) is 9.76. The van der Waals surface area contributed by atoms with E-state index in [1.165, 1.54) is 6.07 Å². The van der Waals surface area contributed by atoms with Crippen molar-refractivity contribution >= 4 is 0 Å². The molecule has 1 aromatic carbocycles. The molecule has 0 saturated carbocycles. The van der Waals surface area contributed by atoms with Gasteiger partial charge in [-0.1, -0.05) is 25.1 Å². The maximum Gasteiger partial charge on any atom is 0.126 e. The van der Waals surface area contributed by atoms with E-state index in [9.17, 15) is 4.39 Å². The van der Waals surface area contributed by atoms with E-state index in [-0.39, 0.29) is 5.82 Å². The van der Waals surface area contributed by atoms with E-state index in [1.807, 2.05) is 19.2 Å². The minimum absolute atomic E-state index is 0.0820. The Morgan fingerprint density at radius 2 is 1.93 bits per heavy atom. The minimum atomic E-state index is -0.0820. The molecule has 0 aliphatic carbocycles. The van der Waals surface area contributed by atoms with E-state index in [0.717, 1.165) is 18.4 Å². The largest absolute Gasteiger partial charge is 0.317 e. The molecule has 0 bridgehead atoms. The lowest BCUT2D eigenvalue weighted by molar-refractivity contribution is 0.434. The summed E-state index contributed by atoms with van der Waals surface area (Å²) < 4.78 is 13.4. The van der Waals surface area contributed by atoms with Crippen LogP contribution in [0.3, 0.4) is 0 Å². The molecule has 0 aromatic heterocycles. The van der Waals surface area contributed by atoms with Crippen LogP contribution in [0.4, 0.5) is 4.39 Å². The first-order valence-corrected chi connectivity index (χ1v) is 5.54. The van der Waals surface area contributed by atoms with Crippen molar-refractivity contribution in [2.45, 2.75) is 32.7 Å². The molecule has 0 radical (unpaired) electrons. The number of halogens is 1. The first-order chi connectivity index (χ1) is 7.13. The van der Waals surface area contributed by atoms with Gasteiger partial charge in [-0.25, -0.2) is 4.39 Å². The third-order valence-electron chi connectivity index (χ3n) is 2.77. The van der Waals surface area contributed by atoms with E-state index in [0.29, 0.717) is 12.0 Å². The molecular weight excluding hydrogens is 189 g/mol. The van der Waals surface area contributed by atoms with Crippen LogP contribution in [0.2, 0.25) is 0 Å². The molecule has 0 aliphatic heterocycles. The van der Waals surface area contributed by atoms with Crippen LogP contribution in [0.1, 0.15) is 25.8 Å². The van der Waals surface area contributed by atoms with E-state index >= 15 is 0 Å². The van der Waals surface area contributed by atoms with Gasteiger partial charge in [0.2, 0.25) is 0 Å². The van der Waals surface area contributed by atoms with Crippen LogP contribution < -0.4 is 5.32 Å². The van der Waals surface area contributed by atoms with Gasteiger partial charge in [0.15, 0.2) is 0 Å². The van der Waals surface area contributed by atoms with E-state index in [2.05, 4.69) is 19.2 Å². The van der Waals surface area contributed by atoms with Crippen LogP contribution in [0.25, 0.3) is 0 Å². The molecule has 0 fully saturated rings. The van der Waals surface area contributed by atoms with Gasteiger partial charge < -0.3 is 5.32 Å². The van der Waals surface area contributed by atoms with E-state index in [4.69, 9.17) is 0 Å². The molecule has 1 nitrogen and oxygen atoms in total. The quantitative estimate of drug-likeness (QED) is 0.786. The van der Waals surface area contributed by atoms with Crippen molar-refractivity contribution in [1.82, 2.24) is 5.32 Å². The highest BCUT2D eigenvalue weighted by molar-refractivity contribution is 5.17. The van der Waals surface area contributed by atoms with Crippen molar-refractivity contribution in [3.63, 3.8) is 0 Å². The highest BCUT2D eigenvalue weighted by Crippen LogP contribution is 2.16. The second kappa shape index (κ2) is 5.86. The van der Waals surface area contributed by atoms with Gasteiger partial charge in [-0.05, 0) is 44.4 Å². The molecule has 0 heterocycles. The maximum absolute atomic E-state index is 13.4. The van der Waals surface area contributed by atoms with Crippen LogP contribution in [0, 0.1) is 11.7 Å². The van der Waals surface area contributed by atoms with Crippen molar-refractivity contribution in [3.8, 4) is 0 Å². The predicted molar refractivity (Wildman–Crippen MR) is 62.4 cm³/mol. The fourth-order valence-corrected chi connectivity index (χ4v) is 1.84.